The minimum atomic E-state index is -0.528. The number of ether oxygens (including phenoxy) is 1. The molecule has 0 bridgehead atoms. The van der Waals surface area contributed by atoms with Gasteiger partial charge in [-0.05, 0) is 6.92 Å². The van der Waals surface area contributed by atoms with E-state index >= 15 is 0 Å². The van der Waals surface area contributed by atoms with Gasteiger partial charge in [0.05, 0.1) is 6.61 Å². The topological polar surface area (TPSA) is 46.6 Å². The number of hydrogen-bond acceptors (Lipinski definition) is 3. The molecule has 1 aliphatic rings. The van der Waals surface area contributed by atoms with Crippen molar-refractivity contribution in [2.24, 2.45) is 5.92 Å². The minimum absolute atomic E-state index is 0.185. The first-order chi connectivity index (χ1) is 6.56. The molecule has 0 saturated heterocycles. The number of carbonyl (C=O) groups excluding carboxylic acids is 2. The third-order valence-corrected chi connectivity index (χ3v) is 2.37. The van der Waals surface area contributed by atoms with Gasteiger partial charge >= 0.3 is 5.97 Å². The number of amides is 1. The first-order valence-corrected chi connectivity index (χ1v) is 4.73. The van der Waals surface area contributed by atoms with E-state index in [-0.39, 0.29) is 23.5 Å². The van der Waals surface area contributed by atoms with Crippen molar-refractivity contribution >= 4 is 23.5 Å². The van der Waals surface area contributed by atoms with E-state index in [1.807, 2.05) is 0 Å². The molecule has 0 aromatic heterocycles. The van der Waals surface area contributed by atoms with Crippen molar-refractivity contribution in [2.45, 2.75) is 6.92 Å². The average molecular weight is 218 g/mol. The zero-order valence-electron chi connectivity index (χ0n) is 8.12. The van der Waals surface area contributed by atoms with E-state index in [1.165, 1.54) is 11.0 Å². The second-order valence-electron chi connectivity index (χ2n) is 3.05. The molecule has 4 nitrogen and oxygen atoms in total. The lowest BCUT2D eigenvalue weighted by molar-refractivity contribution is -0.147. The molecule has 0 spiro atoms. The Morgan fingerprint density at radius 3 is 3.00 bits per heavy atom. The van der Waals surface area contributed by atoms with Gasteiger partial charge in [-0.15, -0.1) is 0 Å². The highest BCUT2D eigenvalue weighted by molar-refractivity contribution is 6.33. The highest BCUT2D eigenvalue weighted by Crippen LogP contribution is 2.22. The van der Waals surface area contributed by atoms with E-state index in [1.54, 1.807) is 14.0 Å². The molecular weight excluding hydrogens is 206 g/mol. The van der Waals surface area contributed by atoms with Gasteiger partial charge in [-0.25, -0.2) is 0 Å². The molecule has 1 heterocycles. The second-order valence-corrected chi connectivity index (χ2v) is 3.49. The summed E-state index contributed by atoms with van der Waals surface area (Å²) in [5, 5.41) is 0.256. The van der Waals surface area contributed by atoms with Crippen molar-refractivity contribution in [1.82, 2.24) is 4.90 Å². The van der Waals surface area contributed by atoms with Crippen molar-refractivity contribution in [2.75, 3.05) is 20.2 Å². The molecule has 1 amide bonds. The predicted octanol–water partition coefficient (Wildman–Crippen LogP) is 0.760. The predicted molar refractivity (Wildman–Crippen MR) is 51.7 cm³/mol. The Balaban J connectivity index is 2.76. The zero-order chi connectivity index (χ0) is 10.7. The summed E-state index contributed by atoms with van der Waals surface area (Å²) in [7, 11) is 1.62. The van der Waals surface area contributed by atoms with Crippen LogP contribution >= 0.6 is 11.6 Å². The standard InChI is InChI=1S/C9H12ClNO3/c1-3-14-9(13)6-5-11(2)8(12)4-7(6)10/h4,6H,3,5H2,1-2H3. The Kier molecular flexibility index (Phi) is 3.52. The largest absolute Gasteiger partial charge is 0.465 e. The van der Waals surface area contributed by atoms with Crippen LogP contribution in [-0.4, -0.2) is 37.0 Å². The summed E-state index contributed by atoms with van der Waals surface area (Å²) < 4.78 is 4.83. The van der Waals surface area contributed by atoms with Crippen LogP contribution in [0.3, 0.4) is 0 Å². The molecule has 1 unspecified atom stereocenters. The van der Waals surface area contributed by atoms with Crippen LogP contribution < -0.4 is 0 Å². The SMILES string of the molecule is CCOC(=O)C1CN(C)C(=O)C=C1Cl. The van der Waals surface area contributed by atoms with Crippen LogP contribution in [0.2, 0.25) is 0 Å². The number of likely N-dealkylation sites (N-methyl/N-ethyl adjacent to an activating group) is 1. The lowest BCUT2D eigenvalue weighted by Crippen LogP contribution is -2.39. The van der Waals surface area contributed by atoms with E-state index in [0.29, 0.717) is 6.61 Å². The third kappa shape index (κ3) is 2.26. The maximum atomic E-state index is 11.4. The quantitative estimate of drug-likeness (QED) is 0.642. The van der Waals surface area contributed by atoms with E-state index in [0.717, 1.165) is 0 Å². The van der Waals surface area contributed by atoms with Crippen LogP contribution in [0, 0.1) is 5.92 Å². The molecule has 0 N–H and O–H groups in total. The van der Waals surface area contributed by atoms with Gasteiger partial charge in [0.1, 0.15) is 5.92 Å². The third-order valence-electron chi connectivity index (χ3n) is 2.00. The molecule has 0 aliphatic carbocycles. The van der Waals surface area contributed by atoms with Crippen molar-refractivity contribution < 1.29 is 14.3 Å². The van der Waals surface area contributed by atoms with E-state index in [4.69, 9.17) is 16.3 Å². The number of carbonyl (C=O) groups is 2. The summed E-state index contributed by atoms with van der Waals surface area (Å²) in [4.78, 5) is 24.0. The molecule has 1 rings (SSSR count). The molecule has 0 radical (unpaired) electrons. The van der Waals surface area contributed by atoms with Crippen molar-refractivity contribution in [3.8, 4) is 0 Å². The normalized spacial score (nSPS) is 21.9. The number of hydrogen-bond donors (Lipinski definition) is 0. The lowest BCUT2D eigenvalue weighted by atomic mass is 10.1. The fourth-order valence-corrected chi connectivity index (χ4v) is 1.46. The van der Waals surface area contributed by atoms with Gasteiger partial charge in [-0.3, -0.25) is 9.59 Å². The van der Waals surface area contributed by atoms with Gasteiger partial charge in [-0.2, -0.15) is 0 Å². The van der Waals surface area contributed by atoms with Gasteiger partial charge in [-0.1, -0.05) is 11.6 Å². The Hall–Kier alpha value is -1.03. The molecule has 14 heavy (non-hydrogen) atoms. The summed E-state index contributed by atoms with van der Waals surface area (Å²) in [6, 6.07) is 0. The average Bonchev–Trinajstić information content (AvgIpc) is 2.11. The molecule has 1 atom stereocenters. The first-order valence-electron chi connectivity index (χ1n) is 4.35. The first kappa shape index (κ1) is 11.0. The lowest BCUT2D eigenvalue weighted by Gasteiger charge is -2.25. The van der Waals surface area contributed by atoms with Crippen molar-refractivity contribution in [3.63, 3.8) is 0 Å². The highest BCUT2D eigenvalue weighted by atomic mass is 35.5. The zero-order valence-corrected chi connectivity index (χ0v) is 8.87. The molecule has 0 aromatic carbocycles. The Bertz CT molecular complexity index is 288. The molecule has 5 heteroatoms. The number of halogens is 1. The maximum Gasteiger partial charge on any atom is 0.316 e. The van der Waals surface area contributed by atoms with Crippen LogP contribution in [0.5, 0.6) is 0 Å². The fraction of sp³-hybridized carbons (Fsp3) is 0.556. The number of rotatable bonds is 2. The van der Waals surface area contributed by atoms with Gasteiger partial charge in [0.15, 0.2) is 0 Å². The minimum Gasteiger partial charge on any atom is -0.465 e. The van der Waals surface area contributed by atoms with Crippen LogP contribution in [0.15, 0.2) is 11.1 Å². The summed E-state index contributed by atoms with van der Waals surface area (Å²) in [6.45, 7) is 2.33. The molecular formula is C9H12ClNO3. The maximum absolute atomic E-state index is 11.4. The summed E-state index contributed by atoms with van der Waals surface area (Å²) in [5.41, 5.74) is 0. The summed E-state index contributed by atoms with van der Waals surface area (Å²) in [5.74, 6) is -1.09. The van der Waals surface area contributed by atoms with Crippen molar-refractivity contribution in [3.05, 3.63) is 11.1 Å². The summed E-state index contributed by atoms with van der Waals surface area (Å²) in [6.07, 6.45) is 1.26. The molecule has 0 fully saturated rings. The molecule has 1 aliphatic heterocycles. The van der Waals surface area contributed by atoms with Crippen LogP contribution in [-0.2, 0) is 14.3 Å². The monoisotopic (exact) mass is 217 g/mol. The van der Waals surface area contributed by atoms with Gasteiger partial charge in [0.2, 0.25) is 5.91 Å². The fourth-order valence-electron chi connectivity index (χ4n) is 1.21. The highest BCUT2D eigenvalue weighted by Gasteiger charge is 2.30. The van der Waals surface area contributed by atoms with E-state index in [9.17, 15) is 9.59 Å². The smallest absolute Gasteiger partial charge is 0.316 e. The number of esters is 1. The second kappa shape index (κ2) is 4.46. The Morgan fingerprint density at radius 1 is 1.79 bits per heavy atom. The van der Waals surface area contributed by atoms with Gasteiger partial charge in [0.25, 0.3) is 0 Å². The molecule has 78 valence electrons. The van der Waals surface area contributed by atoms with Gasteiger partial charge < -0.3 is 9.64 Å². The molecule has 0 aromatic rings. The molecule has 0 saturated carbocycles. The van der Waals surface area contributed by atoms with E-state index in [2.05, 4.69) is 0 Å². The van der Waals surface area contributed by atoms with Crippen LogP contribution in [0.1, 0.15) is 6.92 Å². The van der Waals surface area contributed by atoms with Crippen LogP contribution in [0.25, 0.3) is 0 Å². The number of nitrogens with zero attached hydrogens (tertiary/aromatic N) is 1. The van der Waals surface area contributed by atoms with E-state index < -0.39 is 5.92 Å². The Morgan fingerprint density at radius 2 is 2.43 bits per heavy atom. The summed E-state index contributed by atoms with van der Waals surface area (Å²) >= 11 is 5.79. The Labute approximate surface area is 87.5 Å². The van der Waals surface area contributed by atoms with Crippen LogP contribution in [0.4, 0.5) is 0 Å². The van der Waals surface area contributed by atoms with Crippen molar-refractivity contribution in [1.29, 1.82) is 0 Å². The van der Waals surface area contributed by atoms with Gasteiger partial charge in [0, 0.05) is 24.7 Å².